The van der Waals surface area contributed by atoms with Crippen molar-refractivity contribution < 1.29 is 88.3 Å². The zero-order valence-corrected chi connectivity index (χ0v) is 18.4. The van der Waals surface area contributed by atoms with E-state index in [1.165, 1.54) is 0 Å². The van der Waals surface area contributed by atoms with Crippen molar-refractivity contribution in [3.63, 3.8) is 0 Å². The van der Waals surface area contributed by atoms with E-state index in [2.05, 4.69) is 0 Å². The van der Waals surface area contributed by atoms with Crippen molar-refractivity contribution >= 4 is 34.2 Å². The molecule has 0 saturated carbocycles. The minimum absolute atomic E-state index is 0. The number of hydrogen-bond acceptors (Lipinski definition) is 9. The Kier molecular flexibility index (Phi) is 8.51. The molecule has 0 radical (unpaired) electrons. The van der Waals surface area contributed by atoms with Crippen LogP contribution in [0.2, 0.25) is 0 Å². The third-order valence-corrected chi connectivity index (χ3v) is 4.40. The number of alkyl carbamates (subject to hydrolysis) is 1. The summed E-state index contributed by atoms with van der Waals surface area (Å²) in [6, 6.07) is 3.11. The van der Waals surface area contributed by atoms with Gasteiger partial charge in [-0.15, -0.1) is 0 Å². The molecule has 2 rings (SSSR count). The van der Waals surface area contributed by atoms with Crippen LogP contribution in [0, 0.1) is 0 Å². The Balaban J connectivity index is 0.00000392. The molecular weight excluding hydrogens is 425 g/mol. The zero-order chi connectivity index (χ0) is 20.4. The van der Waals surface area contributed by atoms with Crippen LogP contribution in [0.25, 0.3) is 0 Å². The number of primary amides is 1. The number of hydrogen-bond donors (Lipinski definition) is 3. The third kappa shape index (κ3) is 5.48. The van der Waals surface area contributed by atoms with Crippen molar-refractivity contribution in [3.8, 4) is 0 Å². The first-order chi connectivity index (χ1) is 12.5. The first kappa shape index (κ1) is 24.4. The zero-order valence-electron chi connectivity index (χ0n) is 14.5. The molecule has 5 amide bonds. The van der Waals surface area contributed by atoms with Crippen LogP contribution in [0.3, 0.4) is 0 Å². The summed E-state index contributed by atoms with van der Waals surface area (Å²) in [4.78, 5) is 46.7. The van der Waals surface area contributed by atoms with Crippen LogP contribution < -0.4 is 68.3 Å². The van der Waals surface area contributed by atoms with Gasteiger partial charge < -0.3 is 20.3 Å². The van der Waals surface area contributed by atoms with Crippen molar-refractivity contribution in [2.24, 2.45) is 11.6 Å². The molecule has 0 bridgehead atoms. The van der Waals surface area contributed by atoms with E-state index in [1.54, 1.807) is 30.3 Å². The molecule has 1 aliphatic heterocycles. The fraction of sp³-hybridized carbons (Fsp3) is 0.231. The van der Waals surface area contributed by atoms with Gasteiger partial charge in [0.2, 0.25) is 0 Å². The summed E-state index contributed by atoms with van der Waals surface area (Å²) in [6.45, 7) is -0.180. The van der Waals surface area contributed by atoms with Crippen molar-refractivity contribution in [1.82, 2.24) is 14.6 Å². The second-order valence-electron chi connectivity index (χ2n) is 5.27. The standard InChI is InChI=1S/C13H15N5O8S.K/c14-12(21)17(15)11(20)9-8(10(19)18(9)27(23,24)25)16-13(22)26-6-7-4-2-1-3-5-7;/h1-5,8-9H,6,15H2,(H2,14,21)(H,16,22)(H,23,24,25);/q;+1/p-1/t8-,9-;/m1./s1. The van der Waals surface area contributed by atoms with Gasteiger partial charge in [0.05, 0.1) is 0 Å². The predicted octanol–water partition coefficient (Wildman–Crippen LogP) is -5.26. The maximum absolute atomic E-state index is 12.1. The summed E-state index contributed by atoms with van der Waals surface area (Å²) in [5.41, 5.74) is 5.42. The van der Waals surface area contributed by atoms with E-state index < -0.39 is 46.3 Å². The largest absolute Gasteiger partial charge is 1.00 e. The number of nitrogens with two attached hydrogens (primary N) is 2. The number of carbonyl (C=O) groups is 4. The van der Waals surface area contributed by atoms with Gasteiger partial charge in [-0.25, -0.2) is 28.2 Å². The van der Waals surface area contributed by atoms with E-state index in [-0.39, 0.29) is 67.3 Å². The molecule has 2 atom stereocenters. The summed E-state index contributed by atoms with van der Waals surface area (Å²) in [5.74, 6) is 2.21. The van der Waals surface area contributed by atoms with Crippen LogP contribution in [-0.2, 0) is 31.2 Å². The molecule has 28 heavy (non-hydrogen) atoms. The minimum Gasteiger partial charge on any atom is -0.731 e. The molecule has 15 heteroatoms. The fourth-order valence-electron chi connectivity index (χ4n) is 2.24. The number of β-lactam (4-membered cyclic amide) rings is 1. The van der Waals surface area contributed by atoms with E-state index in [1.807, 2.05) is 5.32 Å². The van der Waals surface area contributed by atoms with E-state index >= 15 is 0 Å². The number of urea groups is 1. The smallest absolute Gasteiger partial charge is 0.731 e. The normalized spacial score (nSPS) is 18.4. The number of benzene rings is 1. The number of rotatable bonds is 5. The summed E-state index contributed by atoms with van der Waals surface area (Å²) < 4.78 is 38.0. The molecule has 0 unspecified atom stereocenters. The maximum Gasteiger partial charge on any atom is 1.00 e. The van der Waals surface area contributed by atoms with Gasteiger partial charge in [-0.1, -0.05) is 30.3 Å². The molecule has 1 heterocycles. The van der Waals surface area contributed by atoms with Gasteiger partial charge in [-0.2, -0.15) is 5.01 Å². The van der Waals surface area contributed by atoms with Crippen LogP contribution in [0.5, 0.6) is 0 Å². The molecule has 13 nitrogen and oxygen atoms in total. The Morgan fingerprint density at radius 1 is 1.25 bits per heavy atom. The molecule has 146 valence electrons. The molecule has 1 fully saturated rings. The number of nitrogens with zero attached hydrogens (tertiary/aromatic N) is 2. The molecule has 5 N–H and O–H groups in total. The van der Waals surface area contributed by atoms with Gasteiger partial charge in [0, 0.05) is 0 Å². The van der Waals surface area contributed by atoms with Gasteiger partial charge >= 0.3 is 63.5 Å². The van der Waals surface area contributed by atoms with E-state index in [0.29, 0.717) is 5.56 Å². The third-order valence-electron chi connectivity index (χ3n) is 3.51. The van der Waals surface area contributed by atoms with Crippen molar-refractivity contribution in [3.05, 3.63) is 35.9 Å². The number of nitrogens with one attached hydrogen (secondary N) is 1. The van der Waals surface area contributed by atoms with Crippen molar-refractivity contribution in [2.45, 2.75) is 18.7 Å². The second kappa shape index (κ2) is 9.75. The van der Waals surface area contributed by atoms with Crippen molar-refractivity contribution in [1.29, 1.82) is 0 Å². The second-order valence-corrected chi connectivity index (χ2v) is 6.52. The molecule has 0 aromatic heterocycles. The Bertz CT molecular complexity index is 880. The van der Waals surface area contributed by atoms with Crippen molar-refractivity contribution in [2.75, 3.05) is 0 Å². The topological polar surface area (TPSA) is 205 Å². The molecule has 1 aromatic carbocycles. The monoisotopic (exact) mass is 439 g/mol. The Morgan fingerprint density at radius 3 is 2.32 bits per heavy atom. The predicted molar refractivity (Wildman–Crippen MR) is 84.5 cm³/mol. The van der Waals surface area contributed by atoms with E-state index in [0.717, 1.165) is 0 Å². The summed E-state index contributed by atoms with van der Waals surface area (Å²) in [5, 5.41) is 1.77. The fourth-order valence-corrected chi connectivity index (χ4v) is 3.06. The molecule has 1 aliphatic rings. The van der Waals surface area contributed by atoms with E-state index in [9.17, 15) is 32.1 Å². The SMILES string of the molecule is NC(=O)N(N)C(=O)[C@H]1[C@@H](NC(=O)OCc2ccccc2)C(=O)N1S(=O)(=O)[O-].[K+]. The quantitative estimate of drug-likeness (QED) is 0.0999. The van der Waals surface area contributed by atoms with Gasteiger partial charge in [0.15, 0.2) is 16.3 Å². The first-order valence-electron chi connectivity index (χ1n) is 7.18. The van der Waals surface area contributed by atoms with Gasteiger partial charge in [0.25, 0.3) is 11.8 Å². The number of hydrazine groups is 1. The molecule has 1 saturated heterocycles. The van der Waals surface area contributed by atoms with Gasteiger partial charge in [0.1, 0.15) is 12.6 Å². The van der Waals surface area contributed by atoms with Gasteiger partial charge in [-0.3, -0.25) is 9.59 Å². The Hall–Kier alpha value is -1.59. The number of carbonyl (C=O) groups excluding carboxylic acids is 4. The number of amides is 5. The first-order valence-corrected chi connectivity index (χ1v) is 8.55. The maximum atomic E-state index is 12.1. The summed E-state index contributed by atoms with van der Waals surface area (Å²) >= 11 is 0. The average Bonchev–Trinajstić information content (AvgIpc) is 2.60. The molecule has 1 aromatic rings. The van der Waals surface area contributed by atoms with Crippen LogP contribution in [0.4, 0.5) is 9.59 Å². The average molecular weight is 439 g/mol. The number of ether oxygens (including phenoxy) is 1. The van der Waals surface area contributed by atoms with Crippen LogP contribution >= 0.6 is 0 Å². The number of imide groups is 1. The summed E-state index contributed by atoms with van der Waals surface area (Å²) in [7, 11) is -5.41. The van der Waals surface area contributed by atoms with Crippen LogP contribution in [0.15, 0.2) is 30.3 Å². The van der Waals surface area contributed by atoms with Crippen LogP contribution in [-0.4, -0.2) is 58.3 Å². The van der Waals surface area contributed by atoms with Gasteiger partial charge in [-0.05, 0) is 5.56 Å². The molecule has 0 spiro atoms. The molecule has 0 aliphatic carbocycles. The van der Waals surface area contributed by atoms with Crippen LogP contribution in [0.1, 0.15) is 5.56 Å². The Labute approximate surface area is 201 Å². The minimum atomic E-state index is -5.41. The summed E-state index contributed by atoms with van der Waals surface area (Å²) in [6.07, 6.45) is -1.17. The van der Waals surface area contributed by atoms with E-state index in [4.69, 9.17) is 16.3 Å². The molecular formula is C13H14KN5O8S. The Morgan fingerprint density at radius 2 is 1.82 bits per heavy atom.